The quantitative estimate of drug-likeness (QED) is 0.597. The van der Waals surface area contributed by atoms with Gasteiger partial charge in [-0.15, -0.1) is 0 Å². The maximum atomic E-state index is 9.15. The van der Waals surface area contributed by atoms with Crippen molar-refractivity contribution in [1.29, 1.82) is 0 Å². The van der Waals surface area contributed by atoms with Gasteiger partial charge < -0.3 is 18.7 Å². The Hall–Kier alpha value is -3.06. The molecule has 4 rings (SSSR count). The molecule has 7 heteroatoms. The summed E-state index contributed by atoms with van der Waals surface area (Å²) in [4.78, 5) is 8.63. The molecular formula is C16H13N3O4. The molecule has 2 aromatic heterocycles. The van der Waals surface area contributed by atoms with Crippen molar-refractivity contribution in [2.75, 3.05) is 12.4 Å². The molecule has 7 nitrogen and oxygen atoms in total. The lowest BCUT2D eigenvalue weighted by atomic mass is 10.2. The Kier molecular flexibility index (Phi) is 3.13. The molecule has 23 heavy (non-hydrogen) atoms. The van der Waals surface area contributed by atoms with Gasteiger partial charge in [-0.2, -0.15) is 9.97 Å². The van der Waals surface area contributed by atoms with Crippen LogP contribution in [0.5, 0.6) is 5.75 Å². The number of ether oxygens (including phenoxy) is 1. The number of benzene rings is 2. The molecule has 0 unspecified atom stereocenters. The molecule has 0 amide bonds. The third-order valence-electron chi connectivity index (χ3n) is 3.44. The highest BCUT2D eigenvalue weighted by Gasteiger charge is 2.11. The second-order valence-electron chi connectivity index (χ2n) is 4.96. The van der Waals surface area contributed by atoms with E-state index in [1.165, 1.54) is 0 Å². The minimum atomic E-state index is -0.0431. The van der Waals surface area contributed by atoms with E-state index in [1.807, 2.05) is 0 Å². The highest BCUT2D eigenvalue weighted by molar-refractivity contribution is 5.78. The average molecular weight is 311 g/mol. The number of oxazole rings is 2. The summed E-state index contributed by atoms with van der Waals surface area (Å²) in [6.45, 7) is -0.0431. The molecule has 0 aliphatic heterocycles. The van der Waals surface area contributed by atoms with Crippen molar-refractivity contribution in [2.45, 2.75) is 6.61 Å². The molecule has 0 atom stereocenters. The van der Waals surface area contributed by atoms with E-state index in [2.05, 4.69) is 15.3 Å². The number of hydrogen-bond donors (Lipinski definition) is 2. The van der Waals surface area contributed by atoms with E-state index in [0.717, 1.165) is 5.56 Å². The van der Waals surface area contributed by atoms with Crippen molar-refractivity contribution in [3.63, 3.8) is 0 Å². The van der Waals surface area contributed by atoms with Crippen LogP contribution in [0.2, 0.25) is 0 Å². The molecule has 0 aliphatic rings. The van der Waals surface area contributed by atoms with Crippen molar-refractivity contribution >= 4 is 34.2 Å². The van der Waals surface area contributed by atoms with Gasteiger partial charge in [-0.3, -0.25) is 5.32 Å². The third-order valence-corrected chi connectivity index (χ3v) is 3.44. The summed E-state index contributed by atoms with van der Waals surface area (Å²) in [6.07, 6.45) is 0. The maximum Gasteiger partial charge on any atom is 0.303 e. The molecule has 0 saturated carbocycles. The van der Waals surface area contributed by atoms with Crippen molar-refractivity contribution in [3.05, 3.63) is 42.0 Å². The number of methoxy groups -OCH3 is 1. The number of nitrogens with zero attached hydrogens (tertiary/aromatic N) is 2. The normalized spacial score (nSPS) is 11.2. The van der Waals surface area contributed by atoms with Crippen LogP contribution in [0.4, 0.5) is 12.0 Å². The first-order valence-corrected chi connectivity index (χ1v) is 6.97. The number of fused-ring (bicyclic) bond motifs is 2. The lowest BCUT2D eigenvalue weighted by Gasteiger charge is -1.95. The summed E-state index contributed by atoms with van der Waals surface area (Å²) in [6, 6.07) is 11.2. The van der Waals surface area contributed by atoms with Gasteiger partial charge >= 0.3 is 12.0 Å². The highest BCUT2D eigenvalue weighted by Crippen LogP contribution is 2.27. The number of anilines is 2. The lowest BCUT2D eigenvalue weighted by molar-refractivity contribution is 0.282. The SMILES string of the molecule is COc1ccc2oc(Nc3nc4cc(CO)ccc4o3)nc2c1. The smallest absolute Gasteiger partial charge is 0.303 e. The van der Waals surface area contributed by atoms with Crippen LogP contribution < -0.4 is 10.1 Å². The third kappa shape index (κ3) is 2.47. The number of rotatable bonds is 4. The summed E-state index contributed by atoms with van der Waals surface area (Å²) in [5.74, 6) is 0.704. The first kappa shape index (κ1) is 13.6. The monoisotopic (exact) mass is 311 g/mol. The van der Waals surface area contributed by atoms with E-state index in [9.17, 15) is 0 Å². The van der Waals surface area contributed by atoms with Crippen LogP contribution in [0, 0.1) is 0 Å². The Balaban J connectivity index is 1.66. The number of nitrogens with one attached hydrogen (secondary N) is 1. The fraction of sp³-hybridized carbons (Fsp3) is 0.125. The van der Waals surface area contributed by atoms with Gasteiger partial charge in [0.1, 0.15) is 16.8 Å². The van der Waals surface area contributed by atoms with Gasteiger partial charge in [0, 0.05) is 6.07 Å². The van der Waals surface area contributed by atoms with Gasteiger partial charge in [-0.05, 0) is 29.8 Å². The van der Waals surface area contributed by atoms with Crippen molar-refractivity contribution < 1.29 is 18.7 Å². The summed E-state index contributed by atoms with van der Waals surface area (Å²) >= 11 is 0. The Morgan fingerprint density at radius 2 is 1.65 bits per heavy atom. The van der Waals surface area contributed by atoms with Crippen LogP contribution in [0.15, 0.2) is 45.2 Å². The maximum absolute atomic E-state index is 9.15. The van der Waals surface area contributed by atoms with Gasteiger partial charge in [0.25, 0.3) is 0 Å². The zero-order chi connectivity index (χ0) is 15.8. The lowest BCUT2D eigenvalue weighted by Crippen LogP contribution is -1.89. The van der Waals surface area contributed by atoms with E-state index in [1.54, 1.807) is 43.5 Å². The molecule has 2 N–H and O–H groups in total. The van der Waals surface area contributed by atoms with Crippen LogP contribution >= 0.6 is 0 Å². The van der Waals surface area contributed by atoms with Crippen LogP contribution in [-0.4, -0.2) is 22.2 Å². The Bertz CT molecular complexity index is 909. The highest BCUT2D eigenvalue weighted by atomic mass is 16.5. The minimum Gasteiger partial charge on any atom is -0.497 e. The van der Waals surface area contributed by atoms with Gasteiger partial charge in [0.05, 0.1) is 13.7 Å². The second-order valence-corrected chi connectivity index (χ2v) is 4.96. The number of aromatic nitrogens is 2. The molecule has 0 saturated heterocycles. The van der Waals surface area contributed by atoms with Crippen molar-refractivity contribution in [1.82, 2.24) is 9.97 Å². The summed E-state index contributed by atoms with van der Waals surface area (Å²) in [5, 5.41) is 12.1. The first-order chi connectivity index (χ1) is 11.2. The number of aliphatic hydroxyl groups excluding tert-OH is 1. The molecule has 0 radical (unpaired) electrons. The number of hydrogen-bond acceptors (Lipinski definition) is 7. The summed E-state index contributed by atoms with van der Waals surface area (Å²) in [7, 11) is 1.60. The largest absolute Gasteiger partial charge is 0.497 e. The molecule has 0 spiro atoms. The van der Waals surface area contributed by atoms with Gasteiger partial charge in [-0.1, -0.05) is 6.07 Å². The first-order valence-electron chi connectivity index (χ1n) is 6.97. The van der Waals surface area contributed by atoms with Gasteiger partial charge in [0.15, 0.2) is 11.2 Å². The Morgan fingerprint density at radius 1 is 1.00 bits per heavy atom. The molecule has 0 fully saturated rings. The van der Waals surface area contributed by atoms with Crippen LogP contribution in [0.1, 0.15) is 5.56 Å². The molecular weight excluding hydrogens is 298 g/mol. The van der Waals surface area contributed by atoms with Gasteiger partial charge in [-0.25, -0.2) is 0 Å². The average Bonchev–Trinajstić information content (AvgIpc) is 3.15. The molecule has 0 aliphatic carbocycles. The summed E-state index contributed by atoms with van der Waals surface area (Å²) < 4.78 is 16.3. The zero-order valence-corrected chi connectivity index (χ0v) is 12.2. The molecule has 116 valence electrons. The topological polar surface area (TPSA) is 93.5 Å². The van der Waals surface area contributed by atoms with E-state index < -0.39 is 0 Å². The van der Waals surface area contributed by atoms with Gasteiger partial charge in [0.2, 0.25) is 0 Å². The molecule has 2 aromatic carbocycles. The van der Waals surface area contributed by atoms with Crippen molar-refractivity contribution in [3.8, 4) is 5.75 Å². The fourth-order valence-electron chi connectivity index (χ4n) is 2.30. The Morgan fingerprint density at radius 3 is 2.30 bits per heavy atom. The van der Waals surface area contributed by atoms with Crippen LogP contribution in [0.3, 0.4) is 0 Å². The minimum absolute atomic E-state index is 0.0431. The van der Waals surface area contributed by atoms with E-state index in [-0.39, 0.29) is 18.6 Å². The number of aliphatic hydroxyl groups is 1. The zero-order valence-electron chi connectivity index (χ0n) is 12.2. The van der Waals surface area contributed by atoms with Crippen molar-refractivity contribution in [2.24, 2.45) is 0 Å². The van der Waals surface area contributed by atoms with E-state index in [0.29, 0.717) is 27.9 Å². The predicted octanol–water partition coefficient (Wildman–Crippen LogP) is 3.21. The van der Waals surface area contributed by atoms with E-state index >= 15 is 0 Å². The standard InChI is InChI=1S/C16H13N3O4/c1-21-10-3-5-14-12(7-10)18-16(23-14)19-15-17-11-6-9(8-20)2-4-13(11)22-15/h2-7,20H,8H2,1H3,(H,17,18,19). The second kappa shape index (κ2) is 5.29. The molecule has 4 aromatic rings. The predicted molar refractivity (Wildman–Crippen MR) is 83.8 cm³/mol. The van der Waals surface area contributed by atoms with Crippen LogP contribution in [0.25, 0.3) is 22.2 Å². The fourth-order valence-corrected chi connectivity index (χ4v) is 2.30. The van der Waals surface area contributed by atoms with Crippen LogP contribution in [-0.2, 0) is 6.61 Å². The molecule has 0 bridgehead atoms. The molecule has 2 heterocycles. The summed E-state index contributed by atoms with van der Waals surface area (Å²) in [5.41, 5.74) is 3.34. The Labute approximate surface area is 130 Å². The van der Waals surface area contributed by atoms with E-state index in [4.69, 9.17) is 18.7 Å².